The van der Waals surface area contributed by atoms with Crippen LogP contribution in [0.4, 0.5) is 4.39 Å². The Morgan fingerprint density at radius 2 is 1.91 bits per heavy atom. The molecule has 0 radical (unpaired) electrons. The summed E-state index contributed by atoms with van der Waals surface area (Å²) in [7, 11) is 1.38. The minimum atomic E-state index is -0.500. The van der Waals surface area contributed by atoms with E-state index in [1.54, 1.807) is 12.1 Å². The molecule has 0 amide bonds. The number of ether oxygens (including phenoxy) is 1. The lowest BCUT2D eigenvalue weighted by molar-refractivity contribution is 0.387. The Hall–Kier alpha value is -2.33. The minimum absolute atomic E-state index is 0.0595. The third-order valence-corrected chi connectivity index (χ3v) is 4.13. The van der Waals surface area contributed by atoms with E-state index in [9.17, 15) is 9.18 Å². The number of hydrogen-bond donors (Lipinski definition) is 1. The lowest BCUT2D eigenvalue weighted by atomic mass is 10.0. The molecule has 1 N–H and O–H groups in total. The molecule has 2 aromatic carbocycles. The molecule has 0 atom stereocenters. The number of benzene rings is 2. The van der Waals surface area contributed by atoms with Crippen LogP contribution < -0.4 is 10.2 Å². The van der Waals surface area contributed by atoms with Gasteiger partial charge in [-0.05, 0) is 30.7 Å². The van der Waals surface area contributed by atoms with Crippen molar-refractivity contribution >= 4 is 22.5 Å². The van der Waals surface area contributed by atoms with Gasteiger partial charge in [-0.25, -0.2) is 4.39 Å². The number of nitrogens with one attached hydrogen (secondary N) is 1. The fraction of sp³-hybridized carbons (Fsp3) is 0.167. The number of rotatable bonds is 3. The second kappa shape index (κ2) is 6.05. The molecule has 0 aliphatic heterocycles. The van der Waals surface area contributed by atoms with Crippen LogP contribution in [-0.2, 0) is 6.42 Å². The zero-order valence-electron chi connectivity index (χ0n) is 12.7. The minimum Gasteiger partial charge on any atom is -0.494 e. The van der Waals surface area contributed by atoms with Crippen LogP contribution in [0.3, 0.4) is 0 Å². The number of aryl methyl sites for hydroxylation is 1. The van der Waals surface area contributed by atoms with Gasteiger partial charge in [-0.1, -0.05) is 23.7 Å². The van der Waals surface area contributed by atoms with Gasteiger partial charge in [-0.3, -0.25) is 4.79 Å². The fourth-order valence-corrected chi connectivity index (χ4v) is 2.76. The van der Waals surface area contributed by atoms with Crippen LogP contribution in [-0.4, -0.2) is 12.1 Å². The van der Waals surface area contributed by atoms with E-state index in [-0.39, 0.29) is 11.2 Å². The van der Waals surface area contributed by atoms with Crippen molar-refractivity contribution in [3.05, 3.63) is 74.3 Å². The number of H-pyrrole nitrogens is 1. The van der Waals surface area contributed by atoms with Crippen molar-refractivity contribution in [2.45, 2.75) is 13.3 Å². The molecule has 3 nitrogen and oxygen atoms in total. The summed E-state index contributed by atoms with van der Waals surface area (Å²) in [6.07, 6.45) is 0.480. The Kier molecular flexibility index (Phi) is 4.09. The predicted octanol–water partition coefficient (Wildman–Crippen LogP) is 4.23. The lowest BCUT2D eigenvalue weighted by Gasteiger charge is -2.10. The molecule has 0 fully saturated rings. The molecule has 0 spiro atoms. The topological polar surface area (TPSA) is 42.1 Å². The Bertz CT molecular complexity index is 932. The maximum Gasteiger partial charge on any atom is 0.193 e. The second-order valence-corrected chi connectivity index (χ2v) is 5.83. The normalized spacial score (nSPS) is 11.0. The van der Waals surface area contributed by atoms with Crippen molar-refractivity contribution in [1.29, 1.82) is 0 Å². The average molecular weight is 332 g/mol. The Balaban J connectivity index is 2.15. The predicted molar refractivity (Wildman–Crippen MR) is 90.1 cm³/mol. The molecule has 0 aliphatic rings. The van der Waals surface area contributed by atoms with Crippen molar-refractivity contribution < 1.29 is 9.13 Å². The van der Waals surface area contributed by atoms with Gasteiger partial charge < -0.3 is 9.72 Å². The van der Waals surface area contributed by atoms with Crippen LogP contribution in [0.2, 0.25) is 5.02 Å². The molecule has 0 unspecified atom stereocenters. The fourth-order valence-electron chi connectivity index (χ4n) is 2.63. The van der Waals surface area contributed by atoms with Gasteiger partial charge in [-0.2, -0.15) is 0 Å². The molecule has 3 rings (SSSR count). The van der Waals surface area contributed by atoms with Crippen molar-refractivity contribution in [2.24, 2.45) is 0 Å². The van der Waals surface area contributed by atoms with E-state index in [2.05, 4.69) is 4.98 Å². The highest BCUT2D eigenvalue weighted by Gasteiger charge is 2.13. The maximum absolute atomic E-state index is 13.8. The first kappa shape index (κ1) is 15.6. The number of hydrogen-bond acceptors (Lipinski definition) is 2. The van der Waals surface area contributed by atoms with Gasteiger partial charge in [0.15, 0.2) is 17.0 Å². The zero-order valence-corrected chi connectivity index (χ0v) is 13.5. The smallest absolute Gasteiger partial charge is 0.193 e. The summed E-state index contributed by atoms with van der Waals surface area (Å²) < 4.78 is 18.8. The van der Waals surface area contributed by atoms with E-state index in [0.29, 0.717) is 27.9 Å². The second-order valence-electron chi connectivity index (χ2n) is 5.39. The number of aromatic nitrogens is 1. The molecular formula is C18H15ClFNO2. The first-order valence-electron chi connectivity index (χ1n) is 7.13. The molecule has 0 bridgehead atoms. The maximum atomic E-state index is 13.8. The monoisotopic (exact) mass is 331 g/mol. The highest BCUT2D eigenvalue weighted by atomic mass is 35.5. The van der Waals surface area contributed by atoms with Crippen LogP contribution in [0.1, 0.15) is 16.8 Å². The lowest BCUT2D eigenvalue weighted by Crippen LogP contribution is -2.14. The number of halogens is 2. The molecule has 0 saturated carbocycles. The van der Waals surface area contributed by atoms with E-state index in [1.165, 1.54) is 19.2 Å². The zero-order chi connectivity index (χ0) is 16.6. The van der Waals surface area contributed by atoms with Gasteiger partial charge in [0.1, 0.15) is 0 Å². The first-order chi connectivity index (χ1) is 11.0. The van der Waals surface area contributed by atoms with Gasteiger partial charge in [-0.15, -0.1) is 0 Å². The molecule has 0 saturated heterocycles. The summed E-state index contributed by atoms with van der Waals surface area (Å²) in [6.45, 7) is 1.81. The van der Waals surface area contributed by atoms with Crippen molar-refractivity contribution in [3.63, 3.8) is 0 Å². The van der Waals surface area contributed by atoms with Crippen LogP contribution >= 0.6 is 11.6 Å². The largest absolute Gasteiger partial charge is 0.494 e. The van der Waals surface area contributed by atoms with Crippen molar-refractivity contribution in [1.82, 2.24) is 4.98 Å². The summed E-state index contributed by atoms with van der Waals surface area (Å²) in [5, 5.41) is 1.07. The van der Waals surface area contributed by atoms with Gasteiger partial charge >= 0.3 is 0 Å². The van der Waals surface area contributed by atoms with E-state index >= 15 is 0 Å². The van der Waals surface area contributed by atoms with E-state index in [0.717, 1.165) is 11.3 Å². The first-order valence-corrected chi connectivity index (χ1v) is 7.51. The molecule has 3 aromatic rings. The standard InChI is InChI=1S/C18H15ClFNO2/c1-10-13(7-11-3-5-12(19)6-4-11)18(22)14-8-17(23-2)15(20)9-16(14)21-10/h3-6,8-9H,7H2,1-2H3,(H,21,22). The summed E-state index contributed by atoms with van der Waals surface area (Å²) in [5.41, 5.74) is 2.70. The third kappa shape index (κ3) is 2.94. The number of aromatic amines is 1. The molecule has 1 aromatic heterocycles. The molecule has 0 aliphatic carbocycles. The quantitative estimate of drug-likeness (QED) is 0.780. The van der Waals surface area contributed by atoms with Gasteiger partial charge in [0.05, 0.1) is 12.6 Å². The Morgan fingerprint density at radius 1 is 1.22 bits per heavy atom. The highest BCUT2D eigenvalue weighted by molar-refractivity contribution is 6.30. The average Bonchev–Trinajstić information content (AvgIpc) is 2.53. The Labute approximate surface area is 137 Å². The third-order valence-electron chi connectivity index (χ3n) is 3.88. The number of methoxy groups -OCH3 is 1. The van der Waals surface area contributed by atoms with Crippen molar-refractivity contribution in [3.8, 4) is 5.75 Å². The molecule has 1 heterocycles. The van der Waals surface area contributed by atoms with Crippen LogP contribution in [0.25, 0.3) is 10.9 Å². The summed E-state index contributed by atoms with van der Waals surface area (Å²) in [6, 6.07) is 10.1. The summed E-state index contributed by atoms with van der Waals surface area (Å²) in [5.74, 6) is -0.440. The van der Waals surface area contributed by atoms with Crippen LogP contribution in [0, 0.1) is 12.7 Å². The Morgan fingerprint density at radius 3 is 2.57 bits per heavy atom. The summed E-state index contributed by atoms with van der Waals surface area (Å²) >= 11 is 5.89. The summed E-state index contributed by atoms with van der Waals surface area (Å²) in [4.78, 5) is 15.9. The molecule has 23 heavy (non-hydrogen) atoms. The SMILES string of the molecule is COc1cc2c(=O)c(Cc3ccc(Cl)cc3)c(C)[nH]c2cc1F. The van der Waals surface area contributed by atoms with Gasteiger partial charge in [0.2, 0.25) is 0 Å². The van der Waals surface area contributed by atoms with Crippen LogP contribution in [0.5, 0.6) is 5.75 Å². The molecule has 5 heteroatoms. The molecule has 118 valence electrons. The van der Waals surface area contributed by atoms with E-state index < -0.39 is 5.82 Å². The number of pyridine rings is 1. The van der Waals surface area contributed by atoms with E-state index in [1.807, 2.05) is 19.1 Å². The van der Waals surface area contributed by atoms with E-state index in [4.69, 9.17) is 16.3 Å². The van der Waals surface area contributed by atoms with Crippen molar-refractivity contribution in [2.75, 3.05) is 7.11 Å². The number of fused-ring (bicyclic) bond motifs is 1. The van der Waals surface area contributed by atoms with Crippen LogP contribution in [0.15, 0.2) is 41.2 Å². The molecular weight excluding hydrogens is 317 g/mol. The van der Waals surface area contributed by atoms with Gasteiger partial charge in [0.25, 0.3) is 0 Å². The van der Waals surface area contributed by atoms with Gasteiger partial charge in [0, 0.05) is 34.2 Å². The highest BCUT2D eigenvalue weighted by Crippen LogP contribution is 2.23.